The Labute approximate surface area is 244 Å². The van der Waals surface area contributed by atoms with Gasteiger partial charge in [0, 0.05) is 42.5 Å². The van der Waals surface area contributed by atoms with Gasteiger partial charge in [-0.25, -0.2) is 4.39 Å². The van der Waals surface area contributed by atoms with Crippen LogP contribution in [-0.4, -0.2) is 56.4 Å². The van der Waals surface area contributed by atoms with Crippen LogP contribution in [0.5, 0.6) is 5.75 Å². The predicted octanol–water partition coefficient (Wildman–Crippen LogP) is 5.71. The second-order valence-corrected chi connectivity index (χ2v) is 11.1. The number of carbonyl (C=O) groups excluding carboxylic acids is 1. The maximum absolute atomic E-state index is 13.8. The smallest absolute Gasteiger partial charge is 0.251 e. The fourth-order valence-electron chi connectivity index (χ4n) is 6.09. The molecule has 4 aromatic rings. The second kappa shape index (κ2) is 11.8. The van der Waals surface area contributed by atoms with Crippen LogP contribution in [0.25, 0.3) is 33.6 Å². The lowest BCUT2D eigenvalue weighted by Gasteiger charge is -2.28. The van der Waals surface area contributed by atoms with Gasteiger partial charge in [-0.1, -0.05) is 6.07 Å². The van der Waals surface area contributed by atoms with Gasteiger partial charge in [-0.2, -0.15) is 5.26 Å². The molecule has 0 aliphatic carbocycles. The van der Waals surface area contributed by atoms with E-state index in [2.05, 4.69) is 28.6 Å². The zero-order valence-electron chi connectivity index (χ0n) is 23.8. The number of rotatable bonds is 7. The quantitative estimate of drug-likeness (QED) is 0.295. The monoisotopic (exact) mass is 567 g/mol. The van der Waals surface area contributed by atoms with Gasteiger partial charge in [0.05, 0.1) is 23.9 Å². The molecular weight excluding hydrogens is 533 g/mol. The Hall–Kier alpha value is -4.42. The van der Waals surface area contributed by atoms with E-state index < -0.39 is 6.17 Å². The summed E-state index contributed by atoms with van der Waals surface area (Å²) in [7, 11) is 1.57. The van der Waals surface area contributed by atoms with E-state index in [0.29, 0.717) is 64.7 Å². The van der Waals surface area contributed by atoms with Crippen molar-refractivity contribution in [3.05, 3.63) is 65.9 Å². The average Bonchev–Trinajstić information content (AvgIpc) is 3.67. The van der Waals surface area contributed by atoms with E-state index in [-0.39, 0.29) is 11.9 Å². The molecule has 9 heteroatoms. The van der Waals surface area contributed by atoms with Crippen LogP contribution in [0.1, 0.15) is 42.1 Å². The molecule has 2 atom stereocenters. The Balaban J connectivity index is 1.28. The highest BCUT2D eigenvalue weighted by molar-refractivity contribution is 5.97. The number of nitrogens with one attached hydrogen (secondary N) is 2. The third-order valence-corrected chi connectivity index (χ3v) is 8.49. The highest BCUT2D eigenvalue weighted by Crippen LogP contribution is 2.39. The van der Waals surface area contributed by atoms with Crippen molar-refractivity contribution in [1.29, 1.82) is 5.26 Å². The predicted molar refractivity (Wildman–Crippen MR) is 160 cm³/mol. The topological polar surface area (TPSA) is 103 Å². The minimum atomic E-state index is -0.874. The maximum atomic E-state index is 13.8. The van der Waals surface area contributed by atoms with E-state index in [1.807, 2.05) is 41.3 Å². The summed E-state index contributed by atoms with van der Waals surface area (Å²) in [6.45, 7) is 4.92. The number of furan rings is 1. The maximum Gasteiger partial charge on any atom is 0.251 e. The van der Waals surface area contributed by atoms with Crippen molar-refractivity contribution in [3.63, 3.8) is 0 Å². The number of halogens is 1. The lowest BCUT2D eigenvalue weighted by atomic mass is 9.91. The van der Waals surface area contributed by atoms with E-state index >= 15 is 0 Å². The standard InChI is InChI=1S/C33H34FN5O3/c1-20(21-7-11-36-12-8-21)38-33(40)23-3-5-27(30(16-23)41-2)31-17-28-32(42-31)26(9-13-37-28)22-4-6-29(24(15-22)18-35)39-14-10-25(34)19-39/h3-6,9,13,15-17,20-21,25,36H,7-8,10-12,14,19H2,1-2H3,(H,38,40). The fraction of sp³-hybridized carbons (Fsp3) is 0.364. The lowest BCUT2D eigenvalue weighted by molar-refractivity contribution is 0.0920. The fourth-order valence-corrected chi connectivity index (χ4v) is 6.09. The molecule has 1 amide bonds. The van der Waals surface area contributed by atoms with Crippen LogP contribution < -0.4 is 20.3 Å². The Morgan fingerprint density at radius 2 is 2.00 bits per heavy atom. The molecular formula is C33H34FN5O3. The Kier molecular flexibility index (Phi) is 7.81. The highest BCUT2D eigenvalue weighted by Gasteiger charge is 2.25. The normalized spacial score (nSPS) is 18.1. The summed E-state index contributed by atoms with van der Waals surface area (Å²) in [5.74, 6) is 1.40. The number of fused-ring (bicyclic) bond motifs is 1. The van der Waals surface area contributed by atoms with E-state index in [4.69, 9.17) is 9.15 Å². The minimum absolute atomic E-state index is 0.0803. The molecule has 8 nitrogen and oxygen atoms in total. The van der Waals surface area contributed by atoms with Gasteiger partial charge >= 0.3 is 0 Å². The van der Waals surface area contributed by atoms with Crippen molar-refractivity contribution >= 4 is 22.7 Å². The molecule has 2 aromatic carbocycles. The zero-order valence-corrected chi connectivity index (χ0v) is 23.8. The number of carbonyl (C=O) groups is 1. The molecule has 0 saturated carbocycles. The molecule has 2 aliphatic heterocycles. The van der Waals surface area contributed by atoms with Crippen LogP contribution in [0.15, 0.2) is 59.1 Å². The molecule has 2 aliphatic rings. The molecule has 0 bridgehead atoms. The molecule has 42 heavy (non-hydrogen) atoms. The van der Waals surface area contributed by atoms with E-state index in [1.54, 1.807) is 25.4 Å². The first-order chi connectivity index (χ1) is 20.4. The van der Waals surface area contributed by atoms with Gasteiger partial charge in [0.1, 0.15) is 29.3 Å². The number of piperidine rings is 1. The van der Waals surface area contributed by atoms with Gasteiger partial charge in [0.2, 0.25) is 0 Å². The van der Waals surface area contributed by atoms with Gasteiger partial charge in [-0.05, 0) is 87.2 Å². The summed E-state index contributed by atoms with van der Waals surface area (Å²) in [5.41, 5.74) is 5.29. The number of anilines is 1. The summed E-state index contributed by atoms with van der Waals surface area (Å²) in [6, 6.07) is 17.0. The molecule has 2 unspecified atom stereocenters. The number of hydrogen-bond acceptors (Lipinski definition) is 7. The number of pyridine rings is 1. The number of amides is 1. The van der Waals surface area contributed by atoms with Crippen LogP contribution in [-0.2, 0) is 0 Å². The van der Waals surface area contributed by atoms with Crippen molar-refractivity contribution < 1.29 is 18.3 Å². The summed E-state index contributed by atoms with van der Waals surface area (Å²) >= 11 is 0. The van der Waals surface area contributed by atoms with Crippen molar-refractivity contribution in [2.45, 2.75) is 38.4 Å². The lowest BCUT2D eigenvalue weighted by Crippen LogP contribution is -2.42. The highest BCUT2D eigenvalue weighted by atomic mass is 19.1. The van der Waals surface area contributed by atoms with Crippen molar-refractivity contribution in [2.24, 2.45) is 5.92 Å². The third kappa shape index (κ3) is 5.42. The van der Waals surface area contributed by atoms with E-state index in [9.17, 15) is 14.4 Å². The SMILES string of the molecule is COc1cc(C(=O)NC(C)C2CCNCC2)ccc1-c1cc2nccc(-c3ccc(N4CCC(F)C4)c(C#N)c3)c2o1. The number of alkyl halides is 1. The third-order valence-electron chi connectivity index (χ3n) is 8.49. The summed E-state index contributed by atoms with van der Waals surface area (Å²) in [4.78, 5) is 19.5. The van der Waals surface area contributed by atoms with Gasteiger partial charge in [-0.3, -0.25) is 9.78 Å². The number of ether oxygens (including phenoxy) is 1. The van der Waals surface area contributed by atoms with Crippen molar-refractivity contribution in [2.75, 3.05) is 38.2 Å². The number of hydrogen-bond donors (Lipinski definition) is 2. The molecule has 2 fully saturated rings. The Bertz CT molecular complexity index is 1660. The summed E-state index contributed by atoms with van der Waals surface area (Å²) < 4.78 is 25.9. The first kappa shape index (κ1) is 27.7. The molecule has 4 heterocycles. The van der Waals surface area contributed by atoms with Crippen molar-refractivity contribution in [3.8, 4) is 34.3 Å². The van der Waals surface area contributed by atoms with Crippen LogP contribution in [0.2, 0.25) is 0 Å². The molecule has 6 rings (SSSR count). The minimum Gasteiger partial charge on any atom is -0.496 e. The van der Waals surface area contributed by atoms with Gasteiger partial charge in [0.15, 0.2) is 5.58 Å². The van der Waals surface area contributed by atoms with Gasteiger partial charge in [0.25, 0.3) is 5.91 Å². The molecule has 2 aromatic heterocycles. The Morgan fingerprint density at radius 1 is 1.17 bits per heavy atom. The number of methoxy groups -OCH3 is 1. The van der Waals surface area contributed by atoms with Crippen molar-refractivity contribution in [1.82, 2.24) is 15.6 Å². The number of nitriles is 1. The number of nitrogens with zero attached hydrogens (tertiary/aromatic N) is 3. The van der Waals surface area contributed by atoms with E-state index in [1.165, 1.54) is 0 Å². The zero-order chi connectivity index (χ0) is 29.2. The molecule has 0 radical (unpaired) electrons. The van der Waals surface area contributed by atoms with Gasteiger partial charge in [-0.15, -0.1) is 0 Å². The first-order valence-corrected chi connectivity index (χ1v) is 14.5. The summed E-state index contributed by atoms with van der Waals surface area (Å²) in [6.07, 6.45) is 3.40. The average molecular weight is 568 g/mol. The first-order valence-electron chi connectivity index (χ1n) is 14.5. The van der Waals surface area contributed by atoms with Crippen LogP contribution in [0, 0.1) is 17.2 Å². The van der Waals surface area contributed by atoms with Crippen LogP contribution >= 0.6 is 0 Å². The van der Waals surface area contributed by atoms with Gasteiger partial charge < -0.3 is 24.7 Å². The second-order valence-electron chi connectivity index (χ2n) is 11.1. The summed E-state index contributed by atoms with van der Waals surface area (Å²) in [5, 5.41) is 16.4. The Morgan fingerprint density at radius 3 is 2.74 bits per heavy atom. The molecule has 216 valence electrons. The number of benzene rings is 2. The largest absolute Gasteiger partial charge is 0.496 e. The van der Waals surface area contributed by atoms with Crippen LogP contribution in [0.3, 0.4) is 0 Å². The molecule has 2 N–H and O–H groups in total. The van der Waals surface area contributed by atoms with Crippen LogP contribution in [0.4, 0.5) is 10.1 Å². The van der Waals surface area contributed by atoms with E-state index in [0.717, 1.165) is 42.7 Å². The number of aromatic nitrogens is 1. The molecule has 0 spiro atoms. The molecule has 2 saturated heterocycles.